The van der Waals surface area contributed by atoms with Crippen molar-refractivity contribution < 1.29 is 4.79 Å². The van der Waals surface area contributed by atoms with E-state index < -0.39 is 0 Å². The van der Waals surface area contributed by atoms with E-state index in [2.05, 4.69) is 17.6 Å². The number of hydrogen-bond donors (Lipinski definition) is 2. The van der Waals surface area contributed by atoms with E-state index in [1.165, 1.54) is 32.1 Å². The van der Waals surface area contributed by atoms with E-state index in [4.69, 9.17) is 0 Å². The summed E-state index contributed by atoms with van der Waals surface area (Å²) in [5.41, 5.74) is 0. The van der Waals surface area contributed by atoms with Crippen LogP contribution in [-0.2, 0) is 4.79 Å². The molecule has 2 fully saturated rings. The predicted octanol–water partition coefficient (Wildman–Crippen LogP) is 2.21. The van der Waals surface area contributed by atoms with Gasteiger partial charge in [0, 0.05) is 12.6 Å². The van der Waals surface area contributed by atoms with Crippen molar-refractivity contribution in [1.29, 1.82) is 0 Å². The number of nitrogens with one attached hydrogen (secondary N) is 2. The summed E-state index contributed by atoms with van der Waals surface area (Å²) in [7, 11) is 0. The Morgan fingerprint density at radius 2 is 2.06 bits per heavy atom. The summed E-state index contributed by atoms with van der Waals surface area (Å²) >= 11 is 0. The van der Waals surface area contributed by atoms with Gasteiger partial charge in [0.05, 0.1) is 6.04 Å². The molecule has 1 saturated heterocycles. The molecule has 0 aromatic rings. The molecule has 2 N–H and O–H groups in total. The number of carbonyl (C=O) groups is 1. The summed E-state index contributed by atoms with van der Waals surface area (Å²) in [5, 5.41) is 6.62. The molecule has 3 unspecified atom stereocenters. The molecule has 3 heteroatoms. The summed E-state index contributed by atoms with van der Waals surface area (Å²) in [6.45, 7) is 2.99. The number of carbonyl (C=O) groups excluding carboxylic acids is 1. The third-order valence-corrected chi connectivity index (χ3v) is 4.30. The van der Waals surface area contributed by atoms with Gasteiger partial charge in [-0.1, -0.05) is 26.2 Å². The zero-order chi connectivity index (χ0) is 12.1. The number of rotatable bonds is 4. The van der Waals surface area contributed by atoms with Crippen LogP contribution in [0.4, 0.5) is 0 Å². The fourth-order valence-corrected chi connectivity index (χ4v) is 3.21. The molecular weight excluding hydrogens is 212 g/mol. The topological polar surface area (TPSA) is 41.1 Å². The molecular formula is C14H26N2O. The lowest BCUT2D eigenvalue weighted by Gasteiger charge is -2.39. The lowest BCUT2D eigenvalue weighted by molar-refractivity contribution is -0.124. The molecule has 0 aromatic carbocycles. The van der Waals surface area contributed by atoms with Crippen molar-refractivity contribution in [2.45, 2.75) is 70.4 Å². The van der Waals surface area contributed by atoms with Crippen molar-refractivity contribution in [3.05, 3.63) is 0 Å². The van der Waals surface area contributed by atoms with Crippen LogP contribution in [-0.4, -0.2) is 24.5 Å². The Hall–Kier alpha value is -0.570. The Bertz CT molecular complexity index is 255. The molecule has 1 heterocycles. The lowest BCUT2D eigenvalue weighted by atomic mass is 9.77. The second-order valence-corrected chi connectivity index (χ2v) is 5.59. The van der Waals surface area contributed by atoms with Crippen molar-refractivity contribution >= 4 is 5.91 Å². The highest BCUT2D eigenvalue weighted by Crippen LogP contribution is 2.32. The Kier molecular flexibility index (Phi) is 4.84. The monoisotopic (exact) mass is 238 g/mol. The third kappa shape index (κ3) is 3.44. The minimum absolute atomic E-state index is 0.0752. The highest BCUT2D eigenvalue weighted by atomic mass is 16.2. The van der Waals surface area contributed by atoms with Crippen LogP contribution in [0.3, 0.4) is 0 Å². The summed E-state index contributed by atoms with van der Waals surface area (Å²) < 4.78 is 0. The molecule has 1 aliphatic carbocycles. The van der Waals surface area contributed by atoms with E-state index in [1.807, 2.05) is 0 Å². The van der Waals surface area contributed by atoms with Gasteiger partial charge in [-0.25, -0.2) is 0 Å². The van der Waals surface area contributed by atoms with Crippen molar-refractivity contribution in [2.24, 2.45) is 5.92 Å². The van der Waals surface area contributed by atoms with Gasteiger partial charge in [-0.3, -0.25) is 4.79 Å². The quantitative estimate of drug-likeness (QED) is 0.737. The highest BCUT2D eigenvalue weighted by molar-refractivity contribution is 5.81. The first-order chi connectivity index (χ1) is 8.31. The molecule has 0 spiro atoms. The van der Waals surface area contributed by atoms with Gasteiger partial charge in [0.1, 0.15) is 0 Å². The van der Waals surface area contributed by atoms with E-state index >= 15 is 0 Å². The average molecular weight is 238 g/mol. The zero-order valence-corrected chi connectivity index (χ0v) is 11.0. The zero-order valence-electron chi connectivity index (χ0n) is 11.0. The van der Waals surface area contributed by atoms with Gasteiger partial charge in [-0.2, -0.15) is 0 Å². The first kappa shape index (κ1) is 12.9. The van der Waals surface area contributed by atoms with Crippen molar-refractivity contribution in [3.8, 4) is 0 Å². The molecule has 0 bridgehead atoms. The number of piperidine rings is 1. The van der Waals surface area contributed by atoms with Gasteiger partial charge in [-0.15, -0.1) is 0 Å². The molecule has 2 aliphatic rings. The summed E-state index contributed by atoms with van der Waals surface area (Å²) in [6.07, 6.45) is 9.84. The number of hydrogen-bond acceptors (Lipinski definition) is 2. The Morgan fingerprint density at radius 3 is 2.88 bits per heavy atom. The van der Waals surface area contributed by atoms with E-state index in [1.54, 1.807) is 0 Å². The summed E-state index contributed by atoms with van der Waals surface area (Å²) in [5.74, 6) is 1.06. The van der Waals surface area contributed by atoms with Crippen molar-refractivity contribution in [3.63, 3.8) is 0 Å². The molecule has 1 aliphatic heterocycles. The smallest absolute Gasteiger partial charge is 0.237 e. The maximum atomic E-state index is 12.0. The fourth-order valence-electron chi connectivity index (χ4n) is 3.21. The fraction of sp³-hybridized carbons (Fsp3) is 0.929. The predicted molar refractivity (Wildman–Crippen MR) is 69.8 cm³/mol. The second-order valence-electron chi connectivity index (χ2n) is 5.59. The number of fused-ring (bicyclic) bond motifs is 1. The van der Waals surface area contributed by atoms with Crippen LogP contribution in [0.15, 0.2) is 0 Å². The van der Waals surface area contributed by atoms with Crippen LogP contribution in [0.1, 0.15) is 58.3 Å². The largest absolute Gasteiger partial charge is 0.355 e. The Balaban J connectivity index is 1.76. The summed E-state index contributed by atoms with van der Waals surface area (Å²) in [4.78, 5) is 12.0. The number of amides is 1. The average Bonchev–Trinajstić information content (AvgIpc) is 2.38. The first-order valence-electron chi connectivity index (χ1n) is 7.35. The third-order valence-electron chi connectivity index (χ3n) is 4.30. The minimum Gasteiger partial charge on any atom is -0.355 e. The van der Waals surface area contributed by atoms with E-state index in [0.29, 0.717) is 6.04 Å². The normalized spacial score (nSPS) is 32.9. The standard InChI is InChI=1S/C14H26N2O/c1-2-3-10-15-14(17)13-9-8-11-6-4-5-7-12(11)16-13/h11-13,16H,2-10H2,1H3,(H,15,17). The van der Waals surface area contributed by atoms with Crippen LogP contribution in [0, 0.1) is 5.92 Å². The van der Waals surface area contributed by atoms with E-state index in [0.717, 1.165) is 31.7 Å². The van der Waals surface area contributed by atoms with Gasteiger partial charge in [0.15, 0.2) is 0 Å². The minimum atomic E-state index is 0.0752. The maximum Gasteiger partial charge on any atom is 0.237 e. The molecule has 98 valence electrons. The van der Waals surface area contributed by atoms with Crippen LogP contribution >= 0.6 is 0 Å². The molecule has 0 radical (unpaired) electrons. The SMILES string of the molecule is CCCCNC(=O)C1CCC2CCCCC2N1. The van der Waals surface area contributed by atoms with Gasteiger partial charge in [-0.05, 0) is 38.0 Å². The van der Waals surface area contributed by atoms with Crippen LogP contribution < -0.4 is 10.6 Å². The van der Waals surface area contributed by atoms with Crippen LogP contribution in [0.2, 0.25) is 0 Å². The molecule has 1 amide bonds. The van der Waals surface area contributed by atoms with Gasteiger partial charge < -0.3 is 10.6 Å². The molecule has 17 heavy (non-hydrogen) atoms. The van der Waals surface area contributed by atoms with Crippen molar-refractivity contribution in [2.75, 3.05) is 6.54 Å². The molecule has 3 nitrogen and oxygen atoms in total. The Labute approximate surface area is 105 Å². The first-order valence-corrected chi connectivity index (χ1v) is 7.35. The van der Waals surface area contributed by atoms with Gasteiger partial charge in [0.25, 0.3) is 0 Å². The number of unbranched alkanes of at least 4 members (excludes halogenated alkanes) is 1. The highest BCUT2D eigenvalue weighted by Gasteiger charge is 2.34. The van der Waals surface area contributed by atoms with Crippen LogP contribution in [0.5, 0.6) is 0 Å². The molecule has 3 atom stereocenters. The Morgan fingerprint density at radius 1 is 1.24 bits per heavy atom. The van der Waals surface area contributed by atoms with E-state index in [9.17, 15) is 4.79 Å². The molecule has 0 aromatic heterocycles. The lowest BCUT2D eigenvalue weighted by Crippen LogP contribution is -2.55. The maximum absolute atomic E-state index is 12.0. The van der Waals surface area contributed by atoms with Crippen molar-refractivity contribution in [1.82, 2.24) is 10.6 Å². The van der Waals surface area contributed by atoms with Crippen LogP contribution in [0.25, 0.3) is 0 Å². The molecule has 1 saturated carbocycles. The van der Waals surface area contributed by atoms with Gasteiger partial charge in [0.2, 0.25) is 5.91 Å². The molecule has 2 rings (SSSR count). The van der Waals surface area contributed by atoms with Gasteiger partial charge >= 0.3 is 0 Å². The van der Waals surface area contributed by atoms with E-state index in [-0.39, 0.29) is 11.9 Å². The second kappa shape index (κ2) is 6.39. The summed E-state index contributed by atoms with van der Waals surface area (Å²) in [6, 6.07) is 0.686.